The number of methoxy groups -OCH3 is 1. The highest BCUT2D eigenvalue weighted by atomic mass is 16.5. The van der Waals surface area contributed by atoms with Gasteiger partial charge in [0.2, 0.25) is 0 Å². The Morgan fingerprint density at radius 3 is 2.32 bits per heavy atom. The molecule has 114 valence electrons. The van der Waals surface area contributed by atoms with Gasteiger partial charge >= 0.3 is 5.97 Å². The predicted octanol–water partition coefficient (Wildman–Crippen LogP) is 2.17. The van der Waals surface area contributed by atoms with Gasteiger partial charge in [-0.3, -0.25) is 4.79 Å². The van der Waals surface area contributed by atoms with Crippen molar-refractivity contribution in [3.05, 3.63) is 65.7 Å². The Bertz CT molecular complexity index is 623. The molecular weight excluding hydrogens is 282 g/mol. The maximum Gasteiger partial charge on any atom is 0.337 e. The zero-order valence-electron chi connectivity index (χ0n) is 12.2. The van der Waals surface area contributed by atoms with Gasteiger partial charge in [0.15, 0.2) is 6.61 Å². The standard InChI is InChI=1S/C17H17NO4/c1-21-17(20)14-9-7-13(8-10-14)11-18-16(19)12-22-15-5-3-2-4-6-15/h2-10H,11-12H2,1H3,(H,18,19). The van der Waals surface area contributed by atoms with E-state index >= 15 is 0 Å². The average molecular weight is 299 g/mol. The topological polar surface area (TPSA) is 64.6 Å². The third-order valence-electron chi connectivity index (χ3n) is 2.98. The van der Waals surface area contributed by atoms with E-state index in [0.29, 0.717) is 17.9 Å². The molecule has 1 amide bonds. The van der Waals surface area contributed by atoms with Gasteiger partial charge in [-0.15, -0.1) is 0 Å². The van der Waals surface area contributed by atoms with Gasteiger partial charge in [0.05, 0.1) is 12.7 Å². The van der Waals surface area contributed by atoms with E-state index < -0.39 is 0 Å². The summed E-state index contributed by atoms with van der Waals surface area (Å²) < 4.78 is 9.97. The highest BCUT2D eigenvalue weighted by molar-refractivity contribution is 5.89. The molecule has 0 aliphatic rings. The SMILES string of the molecule is COC(=O)c1ccc(CNC(=O)COc2ccccc2)cc1. The summed E-state index contributed by atoms with van der Waals surface area (Å²) in [4.78, 5) is 23.0. The van der Waals surface area contributed by atoms with E-state index in [9.17, 15) is 9.59 Å². The number of hydrogen-bond acceptors (Lipinski definition) is 4. The fourth-order valence-corrected chi connectivity index (χ4v) is 1.79. The lowest BCUT2D eigenvalue weighted by Gasteiger charge is -2.08. The molecule has 0 heterocycles. The van der Waals surface area contributed by atoms with Crippen LogP contribution in [0.5, 0.6) is 5.75 Å². The number of benzene rings is 2. The van der Waals surface area contributed by atoms with Gasteiger partial charge in [0.1, 0.15) is 5.75 Å². The molecule has 22 heavy (non-hydrogen) atoms. The second kappa shape index (κ2) is 7.83. The number of carbonyl (C=O) groups is 2. The highest BCUT2D eigenvalue weighted by Gasteiger charge is 2.06. The van der Waals surface area contributed by atoms with Crippen molar-refractivity contribution in [2.45, 2.75) is 6.54 Å². The molecule has 0 unspecified atom stereocenters. The summed E-state index contributed by atoms with van der Waals surface area (Å²) in [5, 5.41) is 2.75. The van der Waals surface area contributed by atoms with Crippen molar-refractivity contribution in [2.75, 3.05) is 13.7 Å². The zero-order chi connectivity index (χ0) is 15.8. The molecule has 0 spiro atoms. The van der Waals surface area contributed by atoms with Crippen molar-refractivity contribution in [3.63, 3.8) is 0 Å². The third kappa shape index (κ3) is 4.63. The summed E-state index contributed by atoms with van der Waals surface area (Å²) in [7, 11) is 1.34. The first-order valence-corrected chi connectivity index (χ1v) is 6.81. The van der Waals surface area contributed by atoms with E-state index in [1.165, 1.54) is 7.11 Å². The van der Waals surface area contributed by atoms with Gasteiger partial charge in [-0.25, -0.2) is 4.79 Å². The van der Waals surface area contributed by atoms with Crippen LogP contribution in [0.3, 0.4) is 0 Å². The van der Waals surface area contributed by atoms with Gasteiger partial charge in [-0.1, -0.05) is 30.3 Å². The first-order valence-electron chi connectivity index (χ1n) is 6.81. The lowest BCUT2D eigenvalue weighted by Crippen LogP contribution is -2.28. The van der Waals surface area contributed by atoms with Crippen LogP contribution in [-0.4, -0.2) is 25.6 Å². The molecule has 1 N–H and O–H groups in total. The lowest BCUT2D eigenvalue weighted by molar-refractivity contribution is -0.123. The zero-order valence-corrected chi connectivity index (χ0v) is 12.2. The summed E-state index contributed by atoms with van der Waals surface area (Å²) in [6, 6.07) is 16.0. The molecule has 0 radical (unpaired) electrons. The number of amides is 1. The van der Waals surface area contributed by atoms with Crippen LogP contribution in [0.1, 0.15) is 15.9 Å². The third-order valence-corrected chi connectivity index (χ3v) is 2.98. The molecule has 2 aromatic rings. The number of carbonyl (C=O) groups excluding carboxylic acids is 2. The van der Waals surface area contributed by atoms with E-state index in [-0.39, 0.29) is 18.5 Å². The first-order chi connectivity index (χ1) is 10.7. The number of hydrogen-bond donors (Lipinski definition) is 1. The summed E-state index contributed by atoms with van der Waals surface area (Å²) in [5.41, 5.74) is 1.37. The van der Waals surface area contributed by atoms with Crippen LogP contribution in [0.15, 0.2) is 54.6 Å². The van der Waals surface area contributed by atoms with Crippen molar-refractivity contribution in [1.29, 1.82) is 0 Å². The molecule has 5 nitrogen and oxygen atoms in total. The summed E-state index contributed by atoms with van der Waals surface area (Å²) in [5.74, 6) is 0.0628. The van der Waals surface area contributed by atoms with Crippen LogP contribution in [0.4, 0.5) is 0 Å². The Balaban J connectivity index is 1.77. The van der Waals surface area contributed by atoms with Gasteiger partial charge in [0, 0.05) is 6.54 Å². The van der Waals surface area contributed by atoms with Crippen molar-refractivity contribution < 1.29 is 19.1 Å². The molecular formula is C17H17NO4. The monoisotopic (exact) mass is 299 g/mol. The minimum Gasteiger partial charge on any atom is -0.484 e. The van der Waals surface area contributed by atoms with E-state index in [4.69, 9.17) is 4.74 Å². The maximum absolute atomic E-state index is 11.7. The molecule has 0 bridgehead atoms. The van der Waals surface area contributed by atoms with Crippen molar-refractivity contribution >= 4 is 11.9 Å². The number of rotatable bonds is 6. The minimum atomic E-state index is -0.383. The van der Waals surface area contributed by atoms with E-state index in [1.807, 2.05) is 18.2 Å². The van der Waals surface area contributed by atoms with Crippen LogP contribution < -0.4 is 10.1 Å². The van der Waals surface area contributed by atoms with Crippen LogP contribution in [-0.2, 0) is 16.1 Å². The number of para-hydroxylation sites is 1. The fourth-order valence-electron chi connectivity index (χ4n) is 1.79. The number of nitrogens with one attached hydrogen (secondary N) is 1. The number of esters is 1. The Labute approximate surface area is 128 Å². The Kier molecular flexibility index (Phi) is 5.54. The molecule has 0 saturated heterocycles. The Morgan fingerprint density at radius 2 is 1.68 bits per heavy atom. The molecule has 5 heteroatoms. The van der Waals surface area contributed by atoms with Crippen molar-refractivity contribution in [1.82, 2.24) is 5.32 Å². The normalized spacial score (nSPS) is 9.86. The molecule has 2 rings (SSSR count). The van der Waals surface area contributed by atoms with E-state index in [2.05, 4.69) is 10.1 Å². The molecule has 0 saturated carbocycles. The van der Waals surface area contributed by atoms with Gasteiger partial charge in [0.25, 0.3) is 5.91 Å². The Morgan fingerprint density at radius 1 is 1.00 bits per heavy atom. The van der Waals surface area contributed by atoms with Crippen LogP contribution in [0.2, 0.25) is 0 Å². The van der Waals surface area contributed by atoms with Crippen LogP contribution in [0.25, 0.3) is 0 Å². The van der Waals surface area contributed by atoms with Gasteiger partial charge < -0.3 is 14.8 Å². The predicted molar refractivity (Wildman–Crippen MR) is 81.6 cm³/mol. The van der Waals surface area contributed by atoms with Crippen molar-refractivity contribution in [2.24, 2.45) is 0 Å². The molecule has 0 aliphatic heterocycles. The van der Waals surface area contributed by atoms with Crippen LogP contribution >= 0.6 is 0 Å². The molecule has 0 atom stereocenters. The Hall–Kier alpha value is -2.82. The van der Waals surface area contributed by atoms with Gasteiger partial charge in [-0.2, -0.15) is 0 Å². The minimum absolute atomic E-state index is 0.0374. The van der Waals surface area contributed by atoms with E-state index in [1.54, 1.807) is 36.4 Å². The molecule has 0 aliphatic carbocycles. The fraction of sp³-hybridized carbons (Fsp3) is 0.176. The van der Waals surface area contributed by atoms with Crippen LogP contribution in [0, 0.1) is 0 Å². The van der Waals surface area contributed by atoms with Crippen molar-refractivity contribution in [3.8, 4) is 5.75 Å². The highest BCUT2D eigenvalue weighted by Crippen LogP contribution is 2.08. The molecule has 0 fully saturated rings. The summed E-state index contributed by atoms with van der Waals surface area (Å²) >= 11 is 0. The lowest BCUT2D eigenvalue weighted by atomic mass is 10.1. The maximum atomic E-state index is 11.7. The van der Waals surface area contributed by atoms with Gasteiger partial charge in [-0.05, 0) is 29.8 Å². The smallest absolute Gasteiger partial charge is 0.337 e. The molecule has 2 aromatic carbocycles. The second-order valence-corrected chi connectivity index (χ2v) is 4.57. The summed E-state index contributed by atoms with van der Waals surface area (Å²) in [6.07, 6.45) is 0. The number of ether oxygens (including phenoxy) is 2. The second-order valence-electron chi connectivity index (χ2n) is 4.57. The van der Waals surface area contributed by atoms with E-state index in [0.717, 1.165) is 5.56 Å². The average Bonchev–Trinajstić information content (AvgIpc) is 2.58. The first kappa shape index (κ1) is 15.6. The molecule has 0 aromatic heterocycles. The summed E-state index contributed by atoms with van der Waals surface area (Å²) in [6.45, 7) is 0.336. The largest absolute Gasteiger partial charge is 0.484 e. The quantitative estimate of drug-likeness (QED) is 0.830.